The van der Waals surface area contributed by atoms with E-state index in [0.717, 1.165) is 0 Å². The summed E-state index contributed by atoms with van der Waals surface area (Å²) in [5.74, 6) is -1.53. The predicted molar refractivity (Wildman–Crippen MR) is 124 cm³/mol. The molecule has 4 heteroatoms. The minimum absolute atomic E-state index is 0.284. The Hall–Kier alpha value is -4.02. The molecule has 0 saturated heterocycles. The lowest BCUT2D eigenvalue weighted by atomic mass is 9.86. The van der Waals surface area contributed by atoms with Crippen molar-refractivity contribution in [3.8, 4) is 0 Å². The first kappa shape index (κ1) is 21.2. The Morgan fingerprint density at radius 2 is 1.06 bits per heavy atom. The number of rotatable bonds is 3. The van der Waals surface area contributed by atoms with Crippen LogP contribution in [0.15, 0.2) is 115 Å². The Morgan fingerprint density at radius 3 is 1.47 bits per heavy atom. The lowest BCUT2D eigenvalue weighted by molar-refractivity contribution is -0.617. The van der Waals surface area contributed by atoms with Crippen LogP contribution in [0.5, 0.6) is 0 Å². The van der Waals surface area contributed by atoms with Gasteiger partial charge in [0.15, 0.2) is 5.60 Å². The van der Waals surface area contributed by atoms with Crippen LogP contribution in [0.2, 0.25) is 0 Å². The molecule has 0 unspecified atom stereocenters. The number of carbonyl (C=O) groups excluding carboxylic acids is 1. The Labute approximate surface area is 186 Å². The number of carboxylic acid groups (broad SMARTS) is 1. The first-order chi connectivity index (χ1) is 15.5. The first-order valence-corrected chi connectivity index (χ1v) is 10.3. The molecule has 1 aromatic heterocycles. The molecule has 0 aliphatic carbocycles. The predicted octanol–water partition coefficient (Wildman–Crippen LogP) is 3.49. The topological polar surface area (TPSA) is 64.2 Å². The van der Waals surface area contributed by atoms with Crippen LogP contribution in [0.1, 0.15) is 11.1 Å². The van der Waals surface area contributed by atoms with Crippen LogP contribution in [0, 0.1) is 0 Å². The normalized spacial score (nSPS) is 11.1. The van der Waals surface area contributed by atoms with Crippen LogP contribution >= 0.6 is 0 Å². The summed E-state index contributed by atoms with van der Waals surface area (Å²) < 4.78 is 2.24. The van der Waals surface area contributed by atoms with E-state index in [-0.39, 0.29) is 11.1 Å². The molecule has 4 nitrogen and oxygen atoms in total. The molecule has 5 rings (SSSR count). The third-order valence-corrected chi connectivity index (χ3v) is 5.59. The number of nitrogens with zero attached hydrogens (tertiary/aromatic N) is 1. The molecule has 158 valence electrons. The second kappa shape index (κ2) is 9.00. The van der Waals surface area contributed by atoms with E-state index in [2.05, 4.69) is 66.2 Å². The van der Waals surface area contributed by atoms with Crippen molar-refractivity contribution in [2.24, 2.45) is 7.05 Å². The van der Waals surface area contributed by atoms with E-state index < -0.39 is 11.6 Å². The van der Waals surface area contributed by atoms with Crippen molar-refractivity contribution in [2.75, 3.05) is 0 Å². The van der Waals surface area contributed by atoms with Crippen LogP contribution in [-0.2, 0) is 17.4 Å². The number of aromatic nitrogens is 1. The van der Waals surface area contributed by atoms with Crippen molar-refractivity contribution in [3.05, 3.63) is 126 Å². The summed E-state index contributed by atoms with van der Waals surface area (Å²) in [7, 11) is 2.12. The van der Waals surface area contributed by atoms with Crippen LogP contribution < -0.4 is 9.67 Å². The monoisotopic (exact) mass is 421 g/mol. The maximum Gasteiger partial charge on any atom is 0.212 e. The molecular formula is C28H23NO3. The minimum Gasteiger partial charge on any atom is -0.546 e. The lowest BCUT2D eigenvalue weighted by Gasteiger charge is -2.30. The summed E-state index contributed by atoms with van der Waals surface area (Å²) in [5.41, 5.74) is 1.01. The van der Waals surface area contributed by atoms with Gasteiger partial charge in [-0.25, -0.2) is 0 Å². The highest BCUT2D eigenvalue weighted by molar-refractivity contribution is 5.88. The number of carbonyl (C=O) groups is 1. The quantitative estimate of drug-likeness (QED) is 0.358. The number of carboxylic acids is 1. The van der Waals surface area contributed by atoms with E-state index in [1.54, 1.807) is 60.7 Å². The van der Waals surface area contributed by atoms with Gasteiger partial charge in [-0.05, 0) is 29.3 Å². The van der Waals surface area contributed by atoms with E-state index in [1.165, 1.54) is 21.8 Å². The summed E-state index contributed by atoms with van der Waals surface area (Å²) in [6, 6.07) is 35.6. The summed E-state index contributed by atoms with van der Waals surface area (Å²) in [4.78, 5) is 11.3. The second-order valence-electron chi connectivity index (χ2n) is 7.55. The Morgan fingerprint density at radius 1 is 0.688 bits per heavy atom. The zero-order valence-electron chi connectivity index (χ0n) is 17.7. The highest BCUT2D eigenvalue weighted by Crippen LogP contribution is 2.28. The Kier molecular flexibility index (Phi) is 5.97. The van der Waals surface area contributed by atoms with E-state index >= 15 is 0 Å². The minimum atomic E-state index is -2.11. The Balaban J connectivity index is 0.000000154. The molecule has 0 spiro atoms. The number of aliphatic hydroxyl groups is 1. The second-order valence-corrected chi connectivity index (χ2v) is 7.55. The number of hydrogen-bond donors (Lipinski definition) is 1. The maximum atomic E-state index is 11.3. The average Bonchev–Trinajstić information content (AvgIpc) is 2.85. The van der Waals surface area contributed by atoms with E-state index in [4.69, 9.17) is 0 Å². The summed E-state index contributed by atoms with van der Waals surface area (Å²) >= 11 is 0. The van der Waals surface area contributed by atoms with Crippen molar-refractivity contribution >= 4 is 27.8 Å². The number of aryl methyl sites for hydroxylation is 1. The van der Waals surface area contributed by atoms with Gasteiger partial charge in [-0.2, -0.15) is 4.57 Å². The van der Waals surface area contributed by atoms with Gasteiger partial charge in [0.1, 0.15) is 7.05 Å². The summed E-state index contributed by atoms with van der Waals surface area (Å²) in [6.45, 7) is 0. The smallest absolute Gasteiger partial charge is 0.212 e. The zero-order valence-corrected chi connectivity index (χ0v) is 17.7. The van der Waals surface area contributed by atoms with Crippen LogP contribution in [0.3, 0.4) is 0 Å². The molecule has 0 bridgehead atoms. The van der Waals surface area contributed by atoms with Crippen molar-refractivity contribution in [3.63, 3.8) is 0 Å². The van der Waals surface area contributed by atoms with Gasteiger partial charge >= 0.3 is 0 Å². The van der Waals surface area contributed by atoms with Crippen molar-refractivity contribution in [1.29, 1.82) is 0 Å². The maximum absolute atomic E-state index is 11.3. The molecule has 5 aromatic rings. The number of fused-ring (bicyclic) bond motifs is 2. The van der Waals surface area contributed by atoms with Gasteiger partial charge in [-0.1, -0.05) is 84.9 Å². The van der Waals surface area contributed by atoms with Crippen LogP contribution in [-0.4, -0.2) is 11.1 Å². The zero-order chi connectivity index (χ0) is 22.6. The standard InChI is InChI=1S/C14H12N.C14H12O3/c1-15-13-8-4-2-6-11(13)10-12-7-3-5-9-14(12)15;15-13(16)14(17,11-7-3-1-4-8-11)12-9-5-2-6-10-12/h2-10H,1H3;1-10,17H,(H,15,16)/q+1;/p-1. The average molecular weight is 421 g/mol. The molecule has 0 saturated carbocycles. The van der Waals surface area contributed by atoms with Gasteiger partial charge in [0.2, 0.25) is 11.0 Å². The molecule has 0 aliphatic heterocycles. The molecular weight excluding hydrogens is 398 g/mol. The molecule has 1 heterocycles. The Bertz CT molecular complexity index is 1270. The lowest BCUT2D eigenvalue weighted by Crippen LogP contribution is -2.46. The van der Waals surface area contributed by atoms with Crippen molar-refractivity contribution in [1.82, 2.24) is 0 Å². The summed E-state index contributed by atoms with van der Waals surface area (Å²) in [5, 5.41) is 24.2. The molecule has 0 amide bonds. The third kappa shape index (κ3) is 3.96. The molecule has 0 radical (unpaired) electrons. The molecule has 0 fully saturated rings. The van der Waals surface area contributed by atoms with Gasteiger partial charge in [-0.15, -0.1) is 0 Å². The fourth-order valence-electron chi connectivity index (χ4n) is 3.89. The van der Waals surface area contributed by atoms with E-state index in [9.17, 15) is 15.0 Å². The fraction of sp³-hybridized carbons (Fsp3) is 0.0714. The van der Waals surface area contributed by atoms with Gasteiger partial charge < -0.3 is 15.0 Å². The number of benzene rings is 4. The van der Waals surface area contributed by atoms with Gasteiger partial charge in [0.25, 0.3) is 0 Å². The highest BCUT2D eigenvalue weighted by Gasteiger charge is 2.32. The SMILES string of the molecule is C[n+]1c2ccccc2cc2ccccc21.O=C([O-])C(O)(c1ccccc1)c1ccccc1. The number of pyridine rings is 1. The highest BCUT2D eigenvalue weighted by atomic mass is 16.4. The summed E-state index contributed by atoms with van der Waals surface area (Å²) in [6.07, 6.45) is 0. The molecule has 0 atom stereocenters. The van der Waals surface area contributed by atoms with Crippen molar-refractivity contribution in [2.45, 2.75) is 5.60 Å². The number of aliphatic carboxylic acids is 1. The van der Waals surface area contributed by atoms with E-state index in [1.807, 2.05) is 0 Å². The molecule has 32 heavy (non-hydrogen) atoms. The first-order valence-electron chi connectivity index (χ1n) is 10.3. The third-order valence-electron chi connectivity index (χ3n) is 5.59. The molecule has 0 aliphatic rings. The van der Waals surface area contributed by atoms with Gasteiger partial charge in [0, 0.05) is 22.9 Å². The largest absolute Gasteiger partial charge is 0.546 e. The van der Waals surface area contributed by atoms with Gasteiger partial charge in [0.05, 0.1) is 5.97 Å². The fourth-order valence-corrected chi connectivity index (χ4v) is 3.89. The van der Waals surface area contributed by atoms with Gasteiger partial charge in [-0.3, -0.25) is 0 Å². The van der Waals surface area contributed by atoms with Crippen LogP contribution in [0.25, 0.3) is 21.8 Å². The van der Waals surface area contributed by atoms with E-state index in [0.29, 0.717) is 0 Å². The number of para-hydroxylation sites is 2. The molecule has 1 N–H and O–H groups in total. The number of hydrogen-bond acceptors (Lipinski definition) is 3. The molecule has 4 aromatic carbocycles. The van der Waals surface area contributed by atoms with Crippen molar-refractivity contribution < 1.29 is 19.6 Å². The van der Waals surface area contributed by atoms with Crippen LogP contribution in [0.4, 0.5) is 0 Å².